The standard InChI is InChI=1S/C124H106N2O10/c1-61(2)87-53-73(127)54-88(62(3)4)115(87)125-117(129)95-57-99(133-75-33-25-69(26-34-75)121(9,10)11)109-83-45-41-79-91-49-65-21-23-67-51-93-81-43-47-85-106-86(48-44-82(104(81)106)94(93)52-68(67)24-22-66(65)50-92(91)80-42-46-84(105(83)103(79)80)110-100(58-96(118(125)130)107(95)113(109)110)134-76-35-27-70(28-36-76)122(12,13)14)112-102(136-78-39-31-72(32-40-78)124(18,19)20)60-98-108-97(59-101(111(85)114(108)112)135-77-37-29-71(30-38-77)123(15,16)17)119(131)126(120(98)132)116-89(63(5)6)55-74(128)56-90(116)64(7)8/h21-64,127-128H,1-20H3. The van der Waals surface area contributed by atoms with Gasteiger partial charge in [0.2, 0.25) is 0 Å². The van der Waals surface area contributed by atoms with Crippen molar-refractivity contribution in [3.8, 4) is 57.5 Å². The van der Waals surface area contributed by atoms with Gasteiger partial charge in [-0.25, -0.2) is 9.80 Å². The van der Waals surface area contributed by atoms with Crippen molar-refractivity contribution in [3.05, 3.63) is 309 Å². The van der Waals surface area contributed by atoms with Crippen molar-refractivity contribution in [2.75, 3.05) is 9.80 Å². The maximum absolute atomic E-state index is 16.3. The van der Waals surface area contributed by atoms with Gasteiger partial charge in [0.15, 0.2) is 0 Å². The number of imide groups is 2. The molecule has 2 aliphatic rings. The number of fused-ring (bicyclic) bond motifs is 12. The van der Waals surface area contributed by atoms with E-state index in [1.807, 2.05) is 128 Å². The molecule has 0 aliphatic carbocycles. The monoisotopic (exact) mass is 1780 g/mol. The van der Waals surface area contributed by atoms with E-state index >= 15 is 19.2 Å². The lowest BCUT2D eigenvalue weighted by molar-refractivity contribution is 0.0877. The molecule has 0 saturated heterocycles. The lowest BCUT2D eigenvalue weighted by Gasteiger charge is -2.33. The van der Waals surface area contributed by atoms with Crippen LogP contribution in [0.5, 0.6) is 57.5 Å². The summed E-state index contributed by atoms with van der Waals surface area (Å²) in [5.41, 5.74) is 8.84. The molecule has 0 radical (unpaired) electrons. The molecule has 4 amide bonds. The second-order valence-electron chi connectivity index (χ2n) is 43.5. The Hall–Kier alpha value is -14.9. The molecule has 0 saturated carbocycles. The number of ether oxygens (including phenoxy) is 4. The minimum Gasteiger partial charge on any atom is -0.508 e. The highest BCUT2D eigenvalue weighted by Crippen LogP contribution is 2.60. The minimum absolute atomic E-state index is 0.0631. The van der Waals surface area contributed by atoms with Crippen molar-refractivity contribution >= 4 is 186 Å². The molecule has 0 atom stereocenters. The van der Waals surface area contributed by atoms with Gasteiger partial charge in [-0.2, -0.15) is 0 Å². The Morgan fingerprint density at radius 3 is 0.618 bits per heavy atom. The normalized spacial score (nSPS) is 13.8. The van der Waals surface area contributed by atoms with Gasteiger partial charge in [0.25, 0.3) is 23.6 Å². The fourth-order valence-electron chi connectivity index (χ4n) is 22.3. The SMILES string of the molecule is CC(C)c1cc(O)cc(C(C)C)c1N1C(=O)c2cc(Oc3ccc(C(C)(C)C)cc3)c3c4ccc5c6cc7ccc8cc9c(cc8ccc7cc6c6ccc(c7c(Oc8ccc(C(C)(C)C)cc8)cc(c2c37)C1=O)c4c56)c1ccc2c3c(Oc4ccc(C(C)(C)C)cc4)cc4c5c(cc(Oc6ccc(C(C)(C)C)cc6)c(c6ccc9c1c62)c53)C(=O)N(c1c(C(C)C)cc(O)cc1C(C)C)C4=O. The molecule has 2 N–H and O–H groups in total. The van der Waals surface area contributed by atoms with Crippen LogP contribution in [-0.4, -0.2) is 33.8 Å². The Morgan fingerprint density at radius 2 is 0.419 bits per heavy atom. The average Bonchev–Trinajstić information content (AvgIpc) is 1.41. The minimum atomic E-state index is -0.492. The number of hydrogen-bond donors (Lipinski definition) is 2. The van der Waals surface area contributed by atoms with Crippen molar-refractivity contribution in [2.24, 2.45) is 0 Å². The van der Waals surface area contributed by atoms with E-state index in [-0.39, 0.29) is 56.8 Å². The number of phenolic OH excluding ortho intramolecular Hbond substituents is 2. The fourth-order valence-corrected chi connectivity index (χ4v) is 22.3. The van der Waals surface area contributed by atoms with Gasteiger partial charge in [0.1, 0.15) is 57.5 Å². The Kier molecular flexibility index (Phi) is 18.7. The zero-order valence-electron chi connectivity index (χ0n) is 80.5. The quantitative estimate of drug-likeness (QED) is 0.0611. The van der Waals surface area contributed by atoms with Gasteiger partial charge in [-0.15, -0.1) is 0 Å². The van der Waals surface area contributed by atoms with Crippen LogP contribution in [0.3, 0.4) is 0 Å². The molecular weight excluding hydrogens is 1680 g/mol. The first-order valence-electron chi connectivity index (χ1n) is 47.7. The first-order valence-corrected chi connectivity index (χ1v) is 47.7. The maximum Gasteiger partial charge on any atom is 0.266 e. The Labute approximate surface area is 789 Å². The third-order valence-corrected chi connectivity index (χ3v) is 29.3. The molecule has 0 bridgehead atoms. The highest BCUT2D eigenvalue weighted by Gasteiger charge is 2.44. The summed E-state index contributed by atoms with van der Waals surface area (Å²) >= 11 is 0. The van der Waals surface area contributed by atoms with Gasteiger partial charge in [-0.05, 0) is 319 Å². The largest absolute Gasteiger partial charge is 0.508 e. The smallest absolute Gasteiger partial charge is 0.266 e. The number of benzene rings is 18. The Bertz CT molecular complexity index is 7840. The molecule has 23 rings (SSSR count). The number of anilines is 2. The number of carbonyl (C=O) groups excluding carboxylic acids is 4. The van der Waals surface area contributed by atoms with E-state index in [4.69, 9.17) is 18.9 Å². The summed E-state index contributed by atoms with van der Waals surface area (Å²) in [5, 5.41) is 48.6. The van der Waals surface area contributed by atoms with Gasteiger partial charge in [0.05, 0.1) is 33.6 Å². The highest BCUT2D eigenvalue weighted by atomic mass is 16.5. The number of carbonyl (C=O) groups is 4. The number of phenols is 2. The van der Waals surface area contributed by atoms with Gasteiger partial charge in [-0.3, -0.25) is 19.2 Å². The van der Waals surface area contributed by atoms with Crippen LogP contribution in [0.4, 0.5) is 11.4 Å². The number of hydrogen-bond acceptors (Lipinski definition) is 10. The molecule has 672 valence electrons. The summed E-state index contributed by atoms with van der Waals surface area (Å²) in [6, 6.07) is 83.1. The molecule has 0 fully saturated rings. The molecule has 2 heterocycles. The predicted octanol–water partition coefficient (Wildman–Crippen LogP) is 34.0. The van der Waals surface area contributed by atoms with Gasteiger partial charge in [0, 0.05) is 43.1 Å². The van der Waals surface area contributed by atoms with Crippen LogP contribution in [0.15, 0.2) is 243 Å². The summed E-state index contributed by atoms with van der Waals surface area (Å²) in [4.78, 5) is 67.8. The van der Waals surface area contributed by atoms with Crippen LogP contribution in [-0.2, 0) is 21.7 Å². The van der Waals surface area contributed by atoms with Crippen LogP contribution in [0.25, 0.3) is 151 Å². The molecule has 21 aromatic rings. The first-order chi connectivity index (χ1) is 64.7. The van der Waals surface area contributed by atoms with E-state index in [1.54, 1.807) is 24.3 Å². The van der Waals surface area contributed by atoms with E-state index < -0.39 is 23.6 Å². The van der Waals surface area contributed by atoms with Gasteiger partial charge >= 0.3 is 0 Å². The second-order valence-corrected chi connectivity index (χ2v) is 43.5. The number of nitrogens with zero attached hydrogens (tertiary/aromatic N) is 2. The van der Waals surface area contributed by atoms with Gasteiger partial charge < -0.3 is 29.2 Å². The van der Waals surface area contributed by atoms with Crippen molar-refractivity contribution in [1.82, 2.24) is 0 Å². The molecule has 2 aliphatic heterocycles. The third kappa shape index (κ3) is 12.9. The molecule has 136 heavy (non-hydrogen) atoms. The topological polar surface area (TPSA) is 152 Å². The summed E-state index contributed by atoms with van der Waals surface area (Å²) in [6.07, 6.45) is 0. The number of rotatable bonds is 14. The van der Waals surface area contributed by atoms with Crippen LogP contribution in [0.2, 0.25) is 0 Å². The molecular formula is C124H106N2O10. The summed E-state index contributed by atoms with van der Waals surface area (Å²) in [7, 11) is 0. The van der Waals surface area contributed by atoms with Crippen molar-refractivity contribution < 1.29 is 48.3 Å². The lowest BCUT2D eigenvalue weighted by Crippen LogP contribution is -2.42. The summed E-state index contributed by atoms with van der Waals surface area (Å²) in [5.74, 6) is 1.55. The molecule has 12 nitrogen and oxygen atoms in total. The number of amides is 4. The van der Waals surface area contributed by atoms with E-state index in [2.05, 4.69) is 229 Å². The first kappa shape index (κ1) is 85.3. The molecule has 21 aromatic carbocycles. The molecule has 0 aromatic heterocycles. The number of aromatic hydroxyl groups is 2. The lowest BCUT2D eigenvalue weighted by atomic mass is 9.82. The van der Waals surface area contributed by atoms with Crippen LogP contribution in [0.1, 0.15) is 248 Å². The van der Waals surface area contributed by atoms with Gasteiger partial charge in [-0.1, -0.05) is 260 Å². The Morgan fingerprint density at radius 1 is 0.221 bits per heavy atom. The fraction of sp³-hybridized carbons (Fsp3) is 0.226. The molecule has 0 unspecified atom stereocenters. The van der Waals surface area contributed by atoms with E-state index in [0.717, 1.165) is 152 Å². The zero-order chi connectivity index (χ0) is 94.9. The van der Waals surface area contributed by atoms with Crippen LogP contribution < -0.4 is 28.7 Å². The second kappa shape index (κ2) is 29.8. The predicted molar refractivity (Wildman–Crippen MR) is 561 cm³/mol. The van der Waals surface area contributed by atoms with Crippen molar-refractivity contribution in [3.63, 3.8) is 0 Å². The van der Waals surface area contributed by atoms with Crippen LogP contribution >= 0.6 is 0 Å². The highest BCUT2D eigenvalue weighted by molar-refractivity contribution is 6.50. The van der Waals surface area contributed by atoms with Crippen LogP contribution in [0, 0.1) is 0 Å². The zero-order valence-corrected chi connectivity index (χ0v) is 80.5. The van der Waals surface area contributed by atoms with Crippen molar-refractivity contribution in [2.45, 2.75) is 184 Å². The Balaban J connectivity index is 0.733. The third-order valence-electron chi connectivity index (χ3n) is 29.3. The molecule has 12 heteroatoms. The summed E-state index contributed by atoms with van der Waals surface area (Å²) in [6.45, 7) is 42.4. The van der Waals surface area contributed by atoms with E-state index in [0.29, 0.717) is 123 Å². The van der Waals surface area contributed by atoms with E-state index in [9.17, 15) is 10.2 Å². The average molecular weight is 1780 g/mol. The maximum atomic E-state index is 16.3. The van der Waals surface area contributed by atoms with E-state index in [1.165, 1.54) is 9.80 Å². The molecule has 0 spiro atoms. The van der Waals surface area contributed by atoms with Crippen molar-refractivity contribution in [1.29, 1.82) is 0 Å². The summed E-state index contributed by atoms with van der Waals surface area (Å²) < 4.78 is 29.4.